The quantitative estimate of drug-likeness (QED) is 0.640. The zero-order chi connectivity index (χ0) is 14.8. The van der Waals surface area contributed by atoms with Gasteiger partial charge in [0.25, 0.3) is 5.69 Å². The molecule has 0 amide bonds. The molecular formula is C14H17N5O2. The molecule has 1 aromatic carbocycles. The number of nitro groups is 1. The molecule has 1 aliphatic rings. The lowest BCUT2D eigenvalue weighted by Gasteiger charge is -2.35. The van der Waals surface area contributed by atoms with E-state index >= 15 is 0 Å². The van der Waals surface area contributed by atoms with E-state index in [0.29, 0.717) is 17.4 Å². The highest BCUT2D eigenvalue weighted by Crippen LogP contribution is 2.34. The van der Waals surface area contributed by atoms with Crippen molar-refractivity contribution in [3.63, 3.8) is 0 Å². The maximum atomic E-state index is 11.4. The molecule has 0 radical (unpaired) electrons. The average molecular weight is 287 g/mol. The second-order valence-electron chi connectivity index (χ2n) is 5.34. The molecule has 2 aromatic rings. The van der Waals surface area contributed by atoms with E-state index in [0.717, 1.165) is 19.4 Å². The number of piperidine rings is 1. The Morgan fingerprint density at radius 3 is 2.71 bits per heavy atom. The van der Waals surface area contributed by atoms with Crippen LogP contribution in [-0.2, 0) is 0 Å². The lowest BCUT2D eigenvalue weighted by atomic mass is 10.0. The van der Waals surface area contributed by atoms with Crippen molar-refractivity contribution in [2.24, 2.45) is 0 Å². The fourth-order valence-corrected chi connectivity index (χ4v) is 2.85. The molecule has 1 aromatic heterocycles. The van der Waals surface area contributed by atoms with E-state index in [2.05, 4.69) is 22.0 Å². The Labute approximate surface area is 122 Å². The van der Waals surface area contributed by atoms with Crippen LogP contribution in [0.15, 0.2) is 30.9 Å². The van der Waals surface area contributed by atoms with Gasteiger partial charge >= 0.3 is 0 Å². The van der Waals surface area contributed by atoms with Gasteiger partial charge in [0.15, 0.2) is 0 Å². The molecule has 2 heterocycles. The van der Waals surface area contributed by atoms with Crippen molar-refractivity contribution in [2.45, 2.75) is 32.2 Å². The first-order valence-corrected chi connectivity index (χ1v) is 7.07. The summed E-state index contributed by atoms with van der Waals surface area (Å²) in [5.41, 5.74) is 1.53. The summed E-state index contributed by atoms with van der Waals surface area (Å²) in [7, 11) is 0. The first kappa shape index (κ1) is 13.5. The number of benzene rings is 1. The Hall–Kier alpha value is -2.44. The maximum absolute atomic E-state index is 11.4. The molecule has 0 saturated carbocycles. The van der Waals surface area contributed by atoms with Gasteiger partial charge in [0.2, 0.25) is 0 Å². The standard InChI is InChI=1S/C14H17N5O2/c1-11-4-2-3-7-18(11)13-6-5-12(8-14(13)19(20)21)17-9-15-16-10-17/h5-6,8-11H,2-4,7H2,1H3/t11-/m0/s1. The molecule has 0 bridgehead atoms. The van der Waals surface area contributed by atoms with Crippen molar-refractivity contribution >= 4 is 11.4 Å². The van der Waals surface area contributed by atoms with E-state index in [1.54, 1.807) is 10.6 Å². The van der Waals surface area contributed by atoms with E-state index in [-0.39, 0.29) is 10.6 Å². The van der Waals surface area contributed by atoms with E-state index in [1.165, 1.54) is 19.1 Å². The summed E-state index contributed by atoms with van der Waals surface area (Å²) in [5.74, 6) is 0. The van der Waals surface area contributed by atoms with E-state index in [9.17, 15) is 10.1 Å². The van der Waals surface area contributed by atoms with Gasteiger partial charge in [0.05, 0.1) is 10.6 Å². The van der Waals surface area contributed by atoms with Crippen LogP contribution in [0.2, 0.25) is 0 Å². The Kier molecular flexibility index (Phi) is 3.55. The Morgan fingerprint density at radius 1 is 1.29 bits per heavy atom. The third kappa shape index (κ3) is 2.58. The number of rotatable bonds is 3. The van der Waals surface area contributed by atoms with E-state index in [1.807, 2.05) is 12.1 Å². The molecule has 7 heteroatoms. The van der Waals surface area contributed by atoms with Crippen molar-refractivity contribution in [1.29, 1.82) is 0 Å². The number of nitrogens with zero attached hydrogens (tertiary/aromatic N) is 5. The van der Waals surface area contributed by atoms with E-state index < -0.39 is 0 Å². The summed E-state index contributed by atoms with van der Waals surface area (Å²) in [6, 6.07) is 5.61. The highest BCUT2D eigenvalue weighted by atomic mass is 16.6. The molecule has 1 aliphatic heterocycles. The van der Waals surface area contributed by atoms with E-state index in [4.69, 9.17) is 0 Å². The normalized spacial score (nSPS) is 18.7. The second kappa shape index (κ2) is 5.51. The molecule has 1 saturated heterocycles. The predicted octanol–water partition coefficient (Wildman–Crippen LogP) is 2.55. The molecule has 7 nitrogen and oxygen atoms in total. The van der Waals surface area contributed by atoms with Crippen LogP contribution in [0.3, 0.4) is 0 Å². The van der Waals surface area contributed by atoms with Crippen LogP contribution in [0.1, 0.15) is 26.2 Å². The van der Waals surface area contributed by atoms with Gasteiger partial charge in [-0.1, -0.05) is 0 Å². The zero-order valence-electron chi connectivity index (χ0n) is 11.8. The molecule has 1 fully saturated rings. The zero-order valence-corrected chi connectivity index (χ0v) is 11.8. The average Bonchev–Trinajstić information content (AvgIpc) is 3.01. The molecule has 1 atom stereocenters. The number of hydrogen-bond acceptors (Lipinski definition) is 5. The summed E-state index contributed by atoms with van der Waals surface area (Å²) in [6.45, 7) is 2.99. The van der Waals surface area contributed by atoms with Gasteiger partial charge in [-0.25, -0.2) is 0 Å². The van der Waals surface area contributed by atoms with Crippen molar-refractivity contribution in [3.8, 4) is 5.69 Å². The van der Waals surface area contributed by atoms with Crippen LogP contribution in [0.4, 0.5) is 11.4 Å². The van der Waals surface area contributed by atoms with Gasteiger partial charge in [-0.15, -0.1) is 10.2 Å². The number of aromatic nitrogens is 3. The Bertz CT molecular complexity index is 641. The van der Waals surface area contributed by atoms with Crippen molar-refractivity contribution in [3.05, 3.63) is 41.0 Å². The second-order valence-corrected chi connectivity index (χ2v) is 5.34. The molecule has 0 spiro atoms. The van der Waals surface area contributed by atoms with Crippen molar-refractivity contribution < 1.29 is 4.92 Å². The Balaban J connectivity index is 2.02. The maximum Gasteiger partial charge on any atom is 0.294 e. The van der Waals surface area contributed by atoms with Gasteiger partial charge < -0.3 is 4.90 Å². The molecule has 0 unspecified atom stereocenters. The smallest absolute Gasteiger partial charge is 0.294 e. The third-order valence-corrected chi connectivity index (χ3v) is 3.98. The lowest BCUT2D eigenvalue weighted by Crippen LogP contribution is -2.37. The highest BCUT2D eigenvalue weighted by Gasteiger charge is 2.25. The summed E-state index contributed by atoms with van der Waals surface area (Å²) in [6.07, 6.45) is 6.40. The van der Waals surface area contributed by atoms with Crippen molar-refractivity contribution in [2.75, 3.05) is 11.4 Å². The van der Waals surface area contributed by atoms with Crippen LogP contribution in [-0.4, -0.2) is 32.3 Å². The SMILES string of the molecule is C[C@H]1CCCCN1c1ccc(-n2cnnc2)cc1[N+](=O)[O-]. The van der Waals surface area contributed by atoms with Gasteiger partial charge in [-0.3, -0.25) is 14.7 Å². The first-order valence-electron chi connectivity index (χ1n) is 7.07. The molecule has 21 heavy (non-hydrogen) atoms. The fraction of sp³-hybridized carbons (Fsp3) is 0.429. The van der Waals surface area contributed by atoms with Gasteiger partial charge in [-0.05, 0) is 38.3 Å². The van der Waals surface area contributed by atoms with Crippen LogP contribution in [0, 0.1) is 10.1 Å². The number of anilines is 1. The molecule has 3 rings (SSSR count). The Morgan fingerprint density at radius 2 is 2.05 bits per heavy atom. The summed E-state index contributed by atoms with van der Waals surface area (Å²) < 4.78 is 1.66. The minimum Gasteiger partial charge on any atom is -0.363 e. The topological polar surface area (TPSA) is 77.1 Å². The summed E-state index contributed by atoms with van der Waals surface area (Å²) in [4.78, 5) is 13.3. The molecule has 0 aliphatic carbocycles. The van der Waals surface area contributed by atoms with Gasteiger partial charge in [-0.2, -0.15) is 0 Å². The minimum absolute atomic E-state index is 0.134. The number of nitro benzene ring substituents is 1. The lowest BCUT2D eigenvalue weighted by molar-refractivity contribution is -0.384. The van der Waals surface area contributed by atoms with Gasteiger partial charge in [0.1, 0.15) is 18.3 Å². The third-order valence-electron chi connectivity index (χ3n) is 3.98. The molecule has 0 N–H and O–H groups in total. The summed E-state index contributed by atoms with van der Waals surface area (Å²) >= 11 is 0. The number of hydrogen-bond donors (Lipinski definition) is 0. The fourth-order valence-electron chi connectivity index (χ4n) is 2.85. The largest absolute Gasteiger partial charge is 0.363 e. The minimum atomic E-state index is -0.315. The predicted molar refractivity (Wildman–Crippen MR) is 78.7 cm³/mol. The summed E-state index contributed by atoms with van der Waals surface area (Å²) in [5, 5.41) is 18.9. The monoisotopic (exact) mass is 287 g/mol. The van der Waals surface area contributed by atoms with Crippen molar-refractivity contribution in [1.82, 2.24) is 14.8 Å². The first-order chi connectivity index (χ1) is 10.2. The van der Waals surface area contributed by atoms with Gasteiger partial charge in [0, 0.05) is 18.7 Å². The van der Waals surface area contributed by atoms with Crippen LogP contribution < -0.4 is 4.90 Å². The van der Waals surface area contributed by atoms with Crippen LogP contribution in [0.5, 0.6) is 0 Å². The van der Waals surface area contributed by atoms with Crippen LogP contribution in [0.25, 0.3) is 5.69 Å². The van der Waals surface area contributed by atoms with Crippen LogP contribution >= 0.6 is 0 Å². The molecular weight excluding hydrogens is 270 g/mol. The highest BCUT2D eigenvalue weighted by molar-refractivity contribution is 5.67. The molecule has 110 valence electrons.